The van der Waals surface area contributed by atoms with Crippen LogP contribution in [0.3, 0.4) is 0 Å². The lowest BCUT2D eigenvalue weighted by Crippen LogP contribution is -2.42. The Kier molecular flexibility index (Phi) is 6.12. The van der Waals surface area contributed by atoms with Crippen LogP contribution in [0.15, 0.2) is 34.8 Å². The van der Waals surface area contributed by atoms with Crippen molar-refractivity contribution in [2.24, 2.45) is 5.73 Å². The molecule has 2 aromatic rings. The van der Waals surface area contributed by atoms with Gasteiger partial charge in [-0.1, -0.05) is 12.1 Å². The minimum Gasteiger partial charge on any atom is -0.338 e. The van der Waals surface area contributed by atoms with Crippen LogP contribution in [-0.2, 0) is 0 Å². The first kappa shape index (κ1) is 19.0. The fourth-order valence-electron chi connectivity index (χ4n) is 3.26. The first-order chi connectivity index (χ1) is 11.0. The van der Waals surface area contributed by atoms with E-state index in [9.17, 15) is 4.79 Å². The number of para-hydroxylation sites is 1. The third kappa shape index (κ3) is 3.53. The second kappa shape index (κ2) is 7.72. The summed E-state index contributed by atoms with van der Waals surface area (Å²) in [6, 6.07) is 10.3. The van der Waals surface area contributed by atoms with Crippen LogP contribution in [0.4, 0.5) is 0 Å². The lowest BCUT2D eigenvalue weighted by atomic mass is 10.1. The summed E-state index contributed by atoms with van der Waals surface area (Å²) in [7, 11) is 0. The summed E-state index contributed by atoms with van der Waals surface area (Å²) in [5, 5.41) is 0. The van der Waals surface area contributed by atoms with Gasteiger partial charge in [-0.15, -0.1) is 12.4 Å². The van der Waals surface area contributed by atoms with Crippen molar-refractivity contribution in [2.45, 2.75) is 32.7 Å². The van der Waals surface area contributed by atoms with E-state index in [1.54, 1.807) is 0 Å². The smallest absolute Gasteiger partial charge is 0.255 e. The fraction of sp³-hybridized carbons (Fsp3) is 0.389. The second-order valence-corrected chi connectivity index (χ2v) is 7.06. The van der Waals surface area contributed by atoms with Crippen molar-refractivity contribution >= 4 is 34.2 Å². The van der Waals surface area contributed by atoms with Crippen molar-refractivity contribution in [1.29, 1.82) is 0 Å². The molecule has 24 heavy (non-hydrogen) atoms. The van der Waals surface area contributed by atoms with Gasteiger partial charge in [-0.2, -0.15) is 0 Å². The molecule has 0 saturated carbocycles. The number of nitrogens with zero attached hydrogens (tertiary/aromatic N) is 2. The molecule has 1 aliphatic rings. The number of benzene rings is 1. The maximum absolute atomic E-state index is 12.9. The molecular formula is C18H23BrClN3O. The second-order valence-electron chi connectivity index (χ2n) is 6.20. The predicted molar refractivity (Wildman–Crippen MR) is 103 cm³/mol. The zero-order valence-corrected chi connectivity index (χ0v) is 16.4. The molecule has 0 atom stereocenters. The summed E-state index contributed by atoms with van der Waals surface area (Å²) in [6.07, 6.45) is 1.77. The fourth-order valence-corrected chi connectivity index (χ4v) is 3.72. The summed E-state index contributed by atoms with van der Waals surface area (Å²) in [6.45, 7) is 5.54. The number of aromatic nitrogens is 1. The minimum atomic E-state index is 0. The number of rotatable bonds is 2. The molecule has 4 nitrogen and oxygen atoms in total. The number of halogens is 2. The first-order valence-corrected chi connectivity index (χ1v) is 8.77. The van der Waals surface area contributed by atoms with E-state index in [0.29, 0.717) is 0 Å². The van der Waals surface area contributed by atoms with E-state index >= 15 is 0 Å². The third-order valence-corrected chi connectivity index (χ3v) is 5.25. The van der Waals surface area contributed by atoms with Gasteiger partial charge in [0.2, 0.25) is 0 Å². The highest BCUT2D eigenvalue weighted by Gasteiger charge is 2.25. The van der Waals surface area contributed by atoms with E-state index in [1.165, 1.54) is 0 Å². The summed E-state index contributed by atoms with van der Waals surface area (Å²) in [5.41, 5.74) is 9.83. The van der Waals surface area contributed by atoms with Crippen LogP contribution in [0, 0.1) is 13.8 Å². The largest absolute Gasteiger partial charge is 0.338 e. The number of hydrogen-bond acceptors (Lipinski definition) is 2. The van der Waals surface area contributed by atoms with Gasteiger partial charge in [-0.05, 0) is 60.8 Å². The zero-order valence-electron chi connectivity index (χ0n) is 14.0. The Balaban J connectivity index is 0.00000208. The molecule has 0 unspecified atom stereocenters. The molecule has 0 spiro atoms. The number of nitrogens with two attached hydrogens (primary N) is 1. The van der Waals surface area contributed by atoms with Crippen molar-refractivity contribution in [3.8, 4) is 5.69 Å². The Morgan fingerprint density at radius 2 is 1.83 bits per heavy atom. The van der Waals surface area contributed by atoms with Gasteiger partial charge in [0.25, 0.3) is 5.91 Å². The Morgan fingerprint density at radius 3 is 2.46 bits per heavy atom. The van der Waals surface area contributed by atoms with Gasteiger partial charge in [-0.3, -0.25) is 4.79 Å². The SMILES string of the molecule is Cc1cc(C(=O)N2CCC(N)CC2)c(C)n1-c1ccccc1Br.Cl. The van der Waals surface area contributed by atoms with Crippen LogP contribution in [0.5, 0.6) is 0 Å². The Labute approximate surface area is 157 Å². The van der Waals surface area contributed by atoms with Crippen LogP contribution in [0.2, 0.25) is 0 Å². The lowest BCUT2D eigenvalue weighted by molar-refractivity contribution is 0.0714. The lowest BCUT2D eigenvalue weighted by Gasteiger charge is -2.30. The van der Waals surface area contributed by atoms with Crippen molar-refractivity contribution in [3.05, 3.63) is 51.8 Å². The van der Waals surface area contributed by atoms with Gasteiger partial charge in [-0.25, -0.2) is 0 Å². The topological polar surface area (TPSA) is 51.3 Å². The number of amides is 1. The molecule has 3 rings (SSSR count). The van der Waals surface area contributed by atoms with Crippen LogP contribution in [0.25, 0.3) is 5.69 Å². The summed E-state index contributed by atoms with van der Waals surface area (Å²) in [4.78, 5) is 14.8. The Morgan fingerprint density at radius 1 is 1.21 bits per heavy atom. The molecule has 1 amide bonds. The molecule has 1 fully saturated rings. The molecule has 1 saturated heterocycles. The van der Waals surface area contributed by atoms with Gasteiger partial charge >= 0.3 is 0 Å². The maximum Gasteiger partial charge on any atom is 0.255 e. The molecule has 130 valence electrons. The Bertz CT molecular complexity index is 736. The molecule has 1 aliphatic heterocycles. The summed E-state index contributed by atoms with van der Waals surface area (Å²) < 4.78 is 3.15. The molecule has 0 bridgehead atoms. The van der Waals surface area contributed by atoms with Crippen molar-refractivity contribution in [1.82, 2.24) is 9.47 Å². The number of carbonyl (C=O) groups excluding carboxylic acids is 1. The zero-order chi connectivity index (χ0) is 16.6. The van der Waals surface area contributed by atoms with Crippen molar-refractivity contribution in [2.75, 3.05) is 13.1 Å². The molecule has 2 N–H and O–H groups in total. The van der Waals surface area contributed by atoms with E-state index in [0.717, 1.165) is 53.0 Å². The normalized spacial score (nSPS) is 15.2. The average Bonchev–Trinajstić information content (AvgIpc) is 2.83. The van der Waals surface area contributed by atoms with Crippen molar-refractivity contribution in [3.63, 3.8) is 0 Å². The Hall–Kier alpha value is -1.30. The molecular weight excluding hydrogens is 390 g/mol. The quantitative estimate of drug-likeness (QED) is 0.814. The van der Waals surface area contributed by atoms with Gasteiger partial charge in [0.05, 0.1) is 11.3 Å². The monoisotopic (exact) mass is 411 g/mol. The molecule has 1 aromatic heterocycles. The van der Waals surface area contributed by atoms with E-state index in [4.69, 9.17) is 5.73 Å². The van der Waals surface area contributed by atoms with Crippen LogP contribution >= 0.6 is 28.3 Å². The van der Waals surface area contributed by atoms with Gasteiger partial charge in [0.1, 0.15) is 0 Å². The third-order valence-electron chi connectivity index (χ3n) is 4.58. The number of likely N-dealkylation sites (tertiary alicyclic amines) is 1. The van der Waals surface area contributed by atoms with E-state index in [-0.39, 0.29) is 24.4 Å². The summed E-state index contributed by atoms with van der Waals surface area (Å²) in [5.74, 6) is 0.114. The molecule has 0 aliphatic carbocycles. The highest BCUT2D eigenvalue weighted by Crippen LogP contribution is 2.27. The van der Waals surface area contributed by atoms with E-state index in [2.05, 4.69) is 26.6 Å². The molecule has 1 aromatic carbocycles. The number of piperidine rings is 1. The van der Waals surface area contributed by atoms with E-state index < -0.39 is 0 Å². The summed E-state index contributed by atoms with van der Waals surface area (Å²) >= 11 is 3.60. The number of hydrogen-bond donors (Lipinski definition) is 1. The minimum absolute atomic E-state index is 0. The predicted octanol–water partition coefficient (Wildman–Crippen LogP) is 3.84. The molecule has 2 heterocycles. The van der Waals surface area contributed by atoms with E-state index in [1.807, 2.05) is 43.0 Å². The van der Waals surface area contributed by atoms with Crippen LogP contribution < -0.4 is 5.73 Å². The van der Waals surface area contributed by atoms with Gasteiger partial charge in [0, 0.05) is 35.0 Å². The van der Waals surface area contributed by atoms with Crippen molar-refractivity contribution < 1.29 is 4.79 Å². The standard InChI is InChI=1S/C18H22BrN3O.ClH/c1-12-11-15(18(23)21-9-7-14(20)8-10-21)13(2)22(12)17-6-4-3-5-16(17)19;/h3-6,11,14H,7-10,20H2,1-2H3;1H. The van der Waals surface area contributed by atoms with Crippen LogP contribution in [0.1, 0.15) is 34.6 Å². The van der Waals surface area contributed by atoms with Gasteiger partial charge in [0.15, 0.2) is 0 Å². The number of carbonyl (C=O) groups is 1. The highest BCUT2D eigenvalue weighted by atomic mass is 79.9. The highest BCUT2D eigenvalue weighted by molar-refractivity contribution is 9.10. The average molecular weight is 413 g/mol. The van der Waals surface area contributed by atoms with Crippen LogP contribution in [-0.4, -0.2) is 34.5 Å². The maximum atomic E-state index is 12.9. The molecule has 6 heteroatoms. The van der Waals surface area contributed by atoms with Gasteiger partial charge < -0.3 is 15.2 Å². The molecule has 0 radical (unpaired) electrons. The number of aryl methyl sites for hydroxylation is 1. The first-order valence-electron chi connectivity index (χ1n) is 7.97.